The number of benzene rings is 2. The molecule has 0 saturated heterocycles. The van der Waals surface area contributed by atoms with Crippen molar-refractivity contribution in [2.75, 3.05) is 20.7 Å². The molecule has 3 rings (SSSR count). The first-order valence-corrected chi connectivity index (χ1v) is 8.15. The maximum absolute atomic E-state index is 12.3. The minimum Gasteiger partial charge on any atom is -0.485 e. The number of carbonyl (C=O) groups excluding carboxylic acids is 1. The van der Waals surface area contributed by atoms with Crippen molar-refractivity contribution in [2.45, 2.75) is 19.2 Å². The summed E-state index contributed by atoms with van der Waals surface area (Å²) in [6.07, 6.45) is -0.614. The molecule has 5 nitrogen and oxygen atoms in total. The number of para-hydroxylation sites is 2. The summed E-state index contributed by atoms with van der Waals surface area (Å²) >= 11 is 0. The molecule has 0 spiro atoms. The van der Waals surface area contributed by atoms with Crippen LogP contribution in [0.4, 0.5) is 0 Å². The van der Waals surface area contributed by atoms with Crippen molar-refractivity contribution < 1.29 is 19.2 Å². The number of carbonyl (C=O) groups is 1. The summed E-state index contributed by atoms with van der Waals surface area (Å²) < 4.78 is 11.3. The molecule has 0 aliphatic carbocycles. The summed E-state index contributed by atoms with van der Waals surface area (Å²) in [6, 6.07) is 15.7. The molecule has 5 heteroatoms. The van der Waals surface area contributed by atoms with Gasteiger partial charge in [-0.3, -0.25) is 4.79 Å². The monoisotopic (exact) mass is 327 g/mol. The highest BCUT2D eigenvalue weighted by atomic mass is 16.6. The lowest BCUT2D eigenvalue weighted by Gasteiger charge is -2.25. The normalized spacial score (nSPS) is 16.0. The Morgan fingerprint density at radius 1 is 1.08 bits per heavy atom. The summed E-state index contributed by atoms with van der Waals surface area (Å²) in [7, 11) is 4.25. The van der Waals surface area contributed by atoms with Gasteiger partial charge in [-0.15, -0.1) is 0 Å². The van der Waals surface area contributed by atoms with Gasteiger partial charge in [0.25, 0.3) is 5.91 Å². The van der Waals surface area contributed by atoms with E-state index in [0.29, 0.717) is 18.0 Å². The summed E-state index contributed by atoms with van der Waals surface area (Å²) in [5, 5.41) is 2.91. The first-order chi connectivity index (χ1) is 11.6. The van der Waals surface area contributed by atoms with Crippen LogP contribution in [0.2, 0.25) is 0 Å². The average Bonchev–Trinajstić information content (AvgIpc) is 2.60. The van der Waals surface area contributed by atoms with Gasteiger partial charge in [-0.2, -0.15) is 0 Å². The molecular weight excluding hydrogens is 304 g/mol. The van der Waals surface area contributed by atoms with E-state index >= 15 is 0 Å². The van der Waals surface area contributed by atoms with E-state index in [1.54, 1.807) is 6.07 Å². The Labute approximate surface area is 142 Å². The van der Waals surface area contributed by atoms with Crippen molar-refractivity contribution in [3.8, 4) is 11.5 Å². The lowest BCUT2D eigenvalue weighted by molar-refractivity contribution is -0.872. The van der Waals surface area contributed by atoms with Gasteiger partial charge in [0, 0.05) is 12.1 Å². The predicted molar refractivity (Wildman–Crippen MR) is 91.2 cm³/mol. The van der Waals surface area contributed by atoms with Crippen LogP contribution in [0.15, 0.2) is 48.5 Å². The summed E-state index contributed by atoms with van der Waals surface area (Å²) in [4.78, 5) is 13.7. The Morgan fingerprint density at radius 3 is 2.46 bits per heavy atom. The second-order valence-electron chi connectivity index (χ2n) is 6.28. The van der Waals surface area contributed by atoms with E-state index in [0.717, 1.165) is 12.1 Å². The van der Waals surface area contributed by atoms with E-state index < -0.39 is 6.10 Å². The molecule has 24 heavy (non-hydrogen) atoms. The molecule has 0 bridgehead atoms. The largest absolute Gasteiger partial charge is 0.485 e. The molecule has 1 aliphatic heterocycles. The number of quaternary nitrogens is 1. The summed E-state index contributed by atoms with van der Waals surface area (Å²) in [5.74, 6) is 1.13. The number of nitrogens with one attached hydrogen (secondary N) is 2. The van der Waals surface area contributed by atoms with Crippen LogP contribution in [0.25, 0.3) is 0 Å². The van der Waals surface area contributed by atoms with E-state index in [2.05, 4.69) is 31.5 Å². The third-order valence-corrected chi connectivity index (χ3v) is 3.85. The first kappa shape index (κ1) is 16.3. The zero-order chi connectivity index (χ0) is 16.9. The third-order valence-electron chi connectivity index (χ3n) is 3.85. The van der Waals surface area contributed by atoms with Gasteiger partial charge in [-0.25, -0.2) is 0 Å². The van der Waals surface area contributed by atoms with Crippen LogP contribution >= 0.6 is 0 Å². The van der Waals surface area contributed by atoms with Gasteiger partial charge < -0.3 is 19.7 Å². The SMILES string of the molecule is C[NH+](C)Cc1ccc(CNC(=O)[C@H]2COc3ccccc3O2)cc1. The van der Waals surface area contributed by atoms with Crippen LogP contribution in [0.1, 0.15) is 11.1 Å². The second-order valence-corrected chi connectivity index (χ2v) is 6.28. The number of ether oxygens (including phenoxy) is 2. The number of hydrogen-bond acceptors (Lipinski definition) is 3. The number of fused-ring (bicyclic) bond motifs is 1. The molecule has 2 N–H and O–H groups in total. The van der Waals surface area contributed by atoms with Crippen LogP contribution in [0.3, 0.4) is 0 Å². The molecule has 0 fully saturated rings. The standard InChI is InChI=1S/C19H22N2O3/c1-21(2)12-15-9-7-14(8-10-15)11-20-19(22)18-13-23-16-5-3-4-6-17(16)24-18/h3-10,18H,11-13H2,1-2H3,(H,20,22)/p+1/t18-/m1/s1. The molecule has 1 heterocycles. The van der Waals surface area contributed by atoms with Crippen LogP contribution in [-0.4, -0.2) is 32.7 Å². The van der Waals surface area contributed by atoms with Gasteiger partial charge in [0.05, 0.1) is 14.1 Å². The highest BCUT2D eigenvalue weighted by Gasteiger charge is 2.26. The van der Waals surface area contributed by atoms with E-state index in [-0.39, 0.29) is 12.5 Å². The van der Waals surface area contributed by atoms with Crippen molar-refractivity contribution in [1.82, 2.24) is 5.32 Å². The number of hydrogen-bond donors (Lipinski definition) is 2. The molecule has 0 saturated carbocycles. The van der Waals surface area contributed by atoms with Crippen LogP contribution in [0, 0.1) is 0 Å². The molecule has 0 aromatic heterocycles. The zero-order valence-electron chi connectivity index (χ0n) is 14.0. The maximum Gasteiger partial charge on any atom is 0.264 e. The highest BCUT2D eigenvalue weighted by Crippen LogP contribution is 2.30. The average molecular weight is 327 g/mol. The Hall–Kier alpha value is -2.53. The van der Waals surface area contributed by atoms with Crippen molar-refractivity contribution >= 4 is 5.91 Å². The molecular formula is C19H23N2O3+. The van der Waals surface area contributed by atoms with Crippen LogP contribution in [0.5, 0.6) is 11.5 Å². The van der Waals surface area contributed by atoms with Crippen molar-refractivity contribution in [1.29, 1.82) is 0 Å². The molecule has 1 amide bonds. The van der Waals surface area contributed by atoms with Gasteiger partial charge in [-0.1, -0.05) is 36.4 Å². The maximum atomic E-state index is 12.3. The fourth-order valence-electron chi connectivity index (χ4n) is 2.63. The summed E-state index contributed by atoms with van der Waals surface area (Å²) in [6.45, 7) is 1.70. The van der Waals surface area contributed by atoms with Crippen LogP contribution in [-0.2, 0) is 17.9 Å². The Balaban J connectivity index is 1.53. The van der Waals surface area contributed by atoms with Crippen molar-refractivity contribution in [3.63, 3.8) is 0 Å². The lowest BCUT2D eigenvalue weighted by atomic mass is 10.1. The molecule has 126 valence electrons. The minimum atomic E-state index is -0.614. The van der Waals surface area contributed by atoms with Gasteiger partial charge in [0.1, 0.15) is 13.2 Å². The topological polar surface area (TPSA) is 52.0 Å². The molecule has 0 unspecified atom stereocenters. The lowest BCUT2D eigenvalue weighted by Crippen LogP contribution is -3.04. The van der Waals surface area contributed by atoms with Gasteiger partial charge in [0.15, 0.2) is 11.5 Å². The minimum absolute atomic E-state index is 0.161. The van der Waals surface area contributed by atoms with Crippen molar-refractivity contribution in [2.24, 2.45) is 0 Å². The second kappa shape index (κ2) is 7.36. The predicted octanol–water partition coefficient (Wildman–Crippen LogP) is 0.787. The molecule has 2 aromatic carbocycles. The smallest absolute Gasteiger partial charge is 0.264 e. The van der Waals surface area contributed by atoms with Crippen molar-refractivity contribution in [3.05, 3.63) is 59.7 Å². The fourth-order valence-corrected chi connectivity index (χ4v) is 2.63. The Bertz CT molecular complexity index is 698. The van der Waals surface area contributed by atoms with Crippen LogP contribution < -0.4 is 19.7 Å². The molecule has 0 radical (unpaired) electrons. The summed E-state index contributed by atoms with van der Waals surface area (Å²) in [5.41, 5.74) is 2.35. The molecule has 1 aliphatic rings. The van der Waals surface area contributed by atoms with Gasteiger partial charge in [-0.05, 0) is 17.7 Å². The van der Waals surface area contributed by atoms with Gasteiger partial charge >= 0.3 is 0 Å². The fraction of sp³-hybridized carbons (Fsp3) is 0.316. The van der Waals surface area contributed by atoms with E-state index in [9.17, 15) is 4.79 Å². The first-order valence-electron chi connectivity index (χ1n) is 8.15. The quantitative estimate of drug-likeness (QED) is 0.854. The Kier molecular flexibility index (Phi) is 5.01. The molecule has 1 atom stereocenters. The highest BCUT2D eigenvalue weighted by molar-refractivity contribution is 5.81. The van der Waals surface area contributed by atoms with E-state index in [4.69, 9.17) is 9.47 Å². The number of amides is 1. The third kappa shape index (κ3) is 4.06. The molecule has 2 aromatic rings. The van der Waals surface area contributed by atoms with Gasteiger partial charge in [0.2, 0.25) is 6.10 Å². The van der Waals surface area contributed by atoms with E-state index in [1.165, 1.54) is 10.5 Å². The van der Waals surface area contributed by atoms with E-state index in [1.807, 2.05) is 30.3 Å². The zero-order valence-corrected chi connectivity index (χ0v) is 14.0. The number of rotatable bonds is 5. The Morgan fingerprint density at radius 2 is 1.75 bits per heavy atom.